The van der Waals surface area contributed by atoms with Crippen LogP contribution in [-0.4, -0.2) is 9.55 Å². The lowest BCUT2D eigenvalue weighted by molar-refractivity contribution is 0.900. The minimum atomic E-state index is 0.851. The van der Waals surface area contributed by atoms with Gasteiger partial charge in [-0.25, -0.2) is 4.98 Å². The lowest BCUT2D eigenvalue weighted by atomic mass is 9.91. The summed E-state index contributed by atoms with van der Waals surface area (Å²) in [4.78, 5) is 7.48. The van der Waals surface area contributed by atoms with Crippen molar-refractivity contribution in [3.05, 3.63) is 176 Å². The molecule has 0 radical (unpaired) electrons. The van der Waals surface area contributed by atoms with Crippen LogP contribution in [0.4, 0.5) is 17.1 Å². The second-order valence-electron chi connectivity index (χ2n) is 13.2. The molecule has 0 aliphatic carbocycles. The minimum absolute atomic E-state index is 0.851. The van der Waals surface area contributed by atoms with E-state index in [1.165, 1.54) is 54.9 Å². The summed E-state index contributed by atoms with van der Waals surface area (Å²) in [6.07, 6.45) is 0.851. The molecular weight excluding hydrogens is 607 g/mol. The molecule has 0 unspecified atom stereocenters. The molecule has 0 N–H and O–H groups in total. The van der Waals surface area contributed by atoms with Gasteiger partial charge in [-0.1, -0.05) is 110 Å². The molecule has 0 saturated heterocycles. The minimum Gasteiger partial charge on any atom is -0.306 e. The first-order valence-corrected chi connectivity index (χ1v) is 17.4. The van der Waals surface area contributed by atoms with Gasteiger partial charge in [0, 0.05) is 12.1 Å². The predicted molar refractivity (Wildman–Crippen MR) is 210 cm³/mol. The van der Waals surface area contributed by atoms with Crippen molar-refractivity contribution in [1.29, 1.82) is 0 Å². The molecule has 0 fully saturated rings. The standard InChI is InChI=1S/C47H33N3/c1-2-46-48-42-17-10-18-44-47(42)50(46)43-24-23-37(30-45(43)49(44)41-15-4-3-5-16-41)40-28-38(35-21-19-31-11-6-8-13-33(31)25-35)27-39(29-40)36-22-20-32-12-7-9-14-34(32)26-36/h3-30H,2H2,1H3. The SMILES string of the molecule is CCc1nc2cccc3c2n1-c1ccc(-c2cc(-c4ccc5ccccc5c4)cc(-c4ccc5ccccc5c4)c2)cc1N3c1ccccc1. The van der Waals surface area contributed by atoms with Crippen molar-refractivity contribution < 1.29 is 0 Å². The van der Waals surface area contributed by atoms with Gasteiger partial charge < -0.3 is 4.90 Å². The lowest BCUT2D eigenvalue weighted by Crippen LogP contribution is -2.19. The maximum atomic E-state index is 5.08. The molecular formula is C47H33N3. The van der Waals surface area contributed by atoms with Crippen molar-refractivity contribution in [2.45, 2.75) is 13.3 Å². The Morgan fingerprint density at radius 2 is 0.980 bits per heavy atom. The fourth-order valence-corrected chi connectivity index (χ4v) is 7.76. The third-order valence-corrected chi connectivity index (χ3v) is 10.2. The molecule has 50 heavy (non-hydrogen) atoms. The first kappa shape index (κ1) is 28.6. The molecule has 8 aromatic carbocycles. The van der Waals surface area contributed by atoms with Gasteiger partial charge in [-0.3, -0.25) is 4.57 Å². The lowest BCUT2D eigenvalue weighted by Gasteiger charge is -2.33. The number of fused-ring (bicyclic) bond motifs is 4. The molecule has 0 bridgehead atoms. The van der Waals surface area contributed by atoms with E-state index in [9.17, 15) is 0 Å². The summed E-state index contributed by atoms with van der Waals surface area (Å²) in [5.41, 5.74) is 13.9. The smallest absolute Gasteiger partial charge is 0.114 e. The molecule has 0 spiro atoms. The monoisotopic (exact) mass is 639 g/mol. The van der Waals surface area contributed by atoms with Crippen LogP contribution in [0.25, 0.3) is 71.6 Å². The van der Waals surface area contributed by atoms with Crippen molar-refractivity contribution in [2.24, 2.45) is 0 Å². The molecule has 1 aliphatic rings. The number of aromatic nitrogens is 2. The molecule has 1 aliphatic heterocycles. The van der Waals surface area contributed by atoms with Crippen LogP contribution >= 0.6 is 0 Å². The Labute approximate surface area is 291 Å². The summed E-state index contributed by atoms with van der Waals surface area (Å²) in [7, 11) is 0. The summed E-state index contributed by atoms with van der Waals surface area (Å²) < 4.78 is 2.37. The Hall–Kier alpha value is -6.45. The maximum absolute atomic E-state index is 5.08. The van der Waals surface area contributed by atoms with Gasteiger partial charge in [-0.2, -0.15) is 0 Å². The summed E-state index contributed by atoms with van der Waals surface area (Å²) in [6, 6.07) is 62.0. The van der Waals surface area contributed by atoms with E-state index in [1.54, 1.807) is 0 Å². The molecule has 9 aromatic rings. The number of anilines is 3. The van der Waals surface area contributed by atoms with Crippen LogP contribution < -0.4 is 4.90 Å². The quantitative estimate of drug-likeness (QED) is 0.187. The average molecular weight is 640 g/mol. The Morgan fingerprint density at radius 1 is 0.420 bits per heavy atom. The van der Waals surface area contributed by atoms with Gasteiger partial charge in [0.15, 0.2) is 0 Å². The van der Waals surface area contributed by atoms with Gasteiger partial charge in [-0.05, 0) is 122 Å². The Kier molecular flexibility index (Phi) is 6.47. The van der Waals surface area contributed by atoms with Crippen molar-refractivity contribution in [3.8, 4) is 39.1 Å². The van der Waals surface area contributed by atoms with E-state index in [-0.39, 0.29) is 0 Å². The van der Waals surface area contributed by atoms with E-state index >= 15 is 0 Å². The maximum Gasteiger partial charge on any atom is 0.114 e. The zero-order chi connectivity index (χ0) is 33.2. The van der Waals surface area contributed by atoms with Gasteiger partial charge in [0.2, 0.25) is 0 Å². The van der Waals surface area contributed by atoms with Crippen molar-refractivity contribution in [2.75, 3.05) is 4.90 Å². The van der Waals surface area contributed by atoms with Crippen molar-refractivity contribution in [3.63, 3.8) is 0 Å². The van der Waals surface area contributed by atoms with Crippen LogP contribution in [0, 0.1) is 0 Å². The van der Waals surface area contributed by atoms with Gasteiger partial charge in [-0.15, -0.1) is 0 Å². The molecule has 1 aromatic heterocycles. The first-order valence-electron chi connectivity index (χ1n) is 17.4. The third kappa shape index (κ3) is 4.55. The van der Waals surface area contributed by atoms with Crippen LogP contribution in [0.2, 0.25) is 0 Å². The molecule has 10 rings (SSSR count). The third-order valence-electron chi connectivity index (χ3n) is 10.2. The fraction of sp³-hybridized carbons (Fsp3) is 0.0426. The number of para-hydroxylation sites is 2. The number of imidazole rings is 1. The number of nitrogens with zero attached hydrogens (tertiary/aromatic N) is 3. The number of hydrogen-bond acceptors (Lipinski definition) is 2. The highest BCUT2D eigenvalue weighted by molar-refractivity contribution is 6.02. The topological polar surface area (TPSA) is 21.1 Å². The van der Waals surface area contributed by atoms with Gasteiger partial charge in [0.1, 0.15) is 5.82 Å². The largest absolute Gasteiger partial charge is 0.306 e. The van der Waals surface area contributed by atoms with Gasteiger partial charge in [0.05, 0.1) is 28.1 Å². The Bertz CT molecular complexity index is 2660. The molecule has 3 nitrogen and oxygen atoms in total. The zero-order valence-electron chi connectivity index (χ0n) is 27.7. The normalized spacial score (nSPS) is 12.1. The van der Waals surface area contributed by atoms with E-state index < -0.39 is 0 Å². The van der Waals surface area contributed by atoms with Gasteiger partial charge >= 0.3 is 0 Å². The predicted octanol–water partition coefficient (Wildman–Crippen LogP) is 12.7. The summed E-state index contributed by atoms with van der Waals surface area (Å²) in [5.74, 6) is 1.08. The second-order valence-corrected chi connectivity index (χ2v) is 13.2. The summed E-state index contributed by atoms with van der Waals surface area (Å²) >= 11 is 0. The molecule has 0 atom stereocenters. The molecule has 0 saturated carbocycles. The Morgan fingerprint density at radius 3 is 1.60 bits per heavy atom. The molecule has 0 amide bonds. The van der Waals surface area contributed by atoms with Gasteiger partial charge in [0.25, 0.3) is 0 Å². The van der Waals surface area contributed by atoms with E-state index in [0.29, 0.717) is 0 Å². The molecule has 3 heteroatoms. The highest BCUT2D eigenvalue weighted by Crippen LogP contribution is 2.48. The van der Waals surface area contributed by atoms with Crippen LogP contribution in [0.15, 0.2) is 170 Å². The van der Waals surface area contributed by atoms with Crippen molar-refractivity contribution >= 4 is 49.6 Å². The van der Waals surface area contributed by atoms with Crippen LogP contribution in [0.3, 0.4) is 0 Å². The highest BCUT2D eigenvalue weighted by atomic mass is 15.2. The summed E-state index contributed by atoms with van der Waals surface area (Å²) in [5, 5.41) is 4.98. The van der Waals surface area contributed by atoms with E-state index in [0.717, 1.165) is 46.0 Å². The average Bonchev–Trinajstić information content (AvgIpc) is 3.57. The van der Waals surface area contributed by atoms with E-state index in [1.807, 2.05) is 0 Å². The van der Waals surface area contributed by atoms with Crippen LogP contribution in [-0.2, 0) is 6.42 Å². The van der Waals surface area contributed by atoms with Crippen LogP contribution in [0.5, 0.6) is 0 Å². The van der Waals surface area contributed by atoms with Crippen molar-refractivity contribution in [1.82, 2.24) is 9.55 Å². The number of rotatable bonds is 5. The number of aryl methyl sites for hydroxylation is 1. The molecule has 2 heterocycles. The summed E-state index contributed by atoms with van der Waals surface area (Å²) in [6.45, 7) is 2.19. The molecule has 236 valence electrons. The van der Waals surface area contributed by atoms with E-state index in [4.69, 9.17) is 4.98 Å². The number of benzene rings is 8. The highest BCUT2D eigenvalue weighted by Gasteiger charge is 2.29. The second kappa shape index (κ2) is 11.3. The zero-order valence-corrected chi connectivity index (χ0v) is 27.7. The van der Waals surface area contributed by atoms with E-state index in [2.05, 4.69) is 186 Å². The van der Waals surface area contributed by atoms with Crippen LogP contribution in [0.1, 0.15) is 12.7 Å². The Balaban J connectivity index is 1.21. The fourth-order valence-electron chi connectivity index (χ4n) is 7.76. The number of hydrogen-bond donors (Lipinski definition) is 0. The first-order chi connectivity index (χ1) is 24.7.